The van der Waals surface area contributed by atoms with Crippen molar-refractivity contribution in [3.63, 3.8) is 0 Å². The minimum absolute atomic E-state index is 0.181. The van der Waals surface area contributed by atoms with E-state index in [2.05, 4.69) is 226 Å². The summed E-state index contributed by atoms with van der Waals surface area (Å²) in [5, 5.41) is 0. The quantitative estimate of drug-likeness (QED) is 0.165. The van der Waals surface area contributed by atoms with Crippen molar-refractivity contribution in [3.05, 3.63) is 210 Å². The Bertz CT molecular complexity index is 2900. The Morgan fingerprint density at radius 1 is 0.397 bits per heavy atom. The normalized spacial score (nSPS) is 15.3. The lowest BCUT2D eigenvalue weighted by Crippen LogP contribution is -2.42. The summed E-state index contributed by atoms with van der Waals surface area (Å²) < 4.78 is 0. The third-order valence-electron chi connectivity index (χ3n) is 12.9. The van der Waals surface area contributed by atoms with Crippen LogP contribution in [-0.4, -0.2) is 5.99 Å². The van der Waals surface area contributed by atoms with E-state index < -0.39 is 0 Å². The molecule has 3 aliphatic rings. The van der Waals surface area contributed by atoms with Gasteiger partial charge in [-0.05, 0) is 111 Å². The van der Waals surface area contributed by atoms with Crippen LogP contribution in [0.2, 0.25) is 0 Å². The maximum atomic E-state index is 2.51. The highest BCUT2D eigenvalue weighted by Crippen LogP contribution is 2.55. The molecule has 0 saturated carbocycles. The van der Waals surface area contributed by atoms with Crippen molar-refractivity contribution >= 4 is 62.7 Å². The average molecular weight is 763 g/mol. The summed E-state index contributed by atoms with van der Waals surface area (Å²) in [4.78, 5) is 6.27. The Balaban J connectivity index is 1.06. The van der Waals surface area contributed by atoms with Crippen LogP contribution in [0.3, 0.4) is 0 Å². The molecule has 0 saturated heterocycles. The Morgan fingerprint density at radius 3 is 1.52 bits per heavy atom. The monoisotopic (exact) mass is 762 g/mol. The molecule has 0 N–H and O–H groups in total. The first kappa shape index (κ1) is 35.0. The molecule has 0 amide bonds. The fourth-order valence-electron chi connectivity index (χ4n) is 9.90. The van der Waals surface area contributed by atoms with Crippen molar-refractivity contribution in [1.82, 2.24) is 0 Å². The zero-order chi connectivity index (χ0) is 39.2. The Kier molecular flexibility index (Phi) is 7.94. The zero-order valence-electron chi connectivity index (χ0n) is 33.3. The Labute approximate surface area is 346 Å². The Morgan fingerprint density at radius 2 is 0.897 bits per heavy atom. The van der Waals surface area contributed by atoms with Crippen LogP contribution in [0.25, 0.3) is 22.3 Å². The van der Waals surface area contributed by atoms with Crippen LogP contribution in [0.5, 0.6) is 0 Å². The average Bonchev–Trinajstić information content (AvgIpc) is 3.27. The summed E-state index contributed by atoms with van der Waals surface area (Å²) in [6.07, 6.45) is 0. The van der Waals surface area contributed by atoms with Gasteiger partial charge in [0, 0.05) is 27.1 Å². The van der Waals surface area contributed by atoms with E-state index in [0.717, 1.165) is 0 Å². The molecule has 8 aromatic carbocycles. The van der Waals surface area contributed by atoms with Crippen molar-refractivity contribution in [2.45, 2.75) is 43.4 Å². The first-order valence-corrected chi connectivity index (χ1v) is 21.3. The van der Waals surface area contributed by atoms with Gasteiger partial charge in [-0.3, -0.25) is 0 Å². The topological polar surface area (TPSA) is 6.48 Å². The predicted molar refractivity (Wildman–Crippen MR) is 248 cm³/mol. The molecule has 3 aliphatic heterocycles. The standard InChI is InChI=1S/C54H43BN2S/c1-53(2)43-22-12-14-24-48(43)56(39-19-9-6-10-20-39)50-31-27-36(33-45(50)53)37-28-32-51-46(34-37)54(3,4)44-23-13-15-25-49(44)57(51)40-29-30-47-42(35-40)41-21-11-16-26-52(41)58-55(47)38-17-7-5-8-18-38/h5-35H,1-4H3. The molecule has 0 spiro atoms. The molecule has 278 valence electrons. The SMILES string of the molecule is CC1(C)c2ccccc2N(c2ccccc2)c2ccc(-c3ccc4c(c3)C(C)(C)c3ccccc3N4c3ccc4c(c3)-c3ccccc3SB4c3ccccc3)cc21. The summed E-state index contributed by atoms with van der Waals surface area (Å²) in [6, 6.07) is 70.0. The molecule has 8 aromatic rings. The molecule has 0 fully saturated rings. The molecule has 3 heterocycles. The van der Waals surface area contributed by atoms with Crippen LogP contribution in [0, 0.1) is 0 Å². The highest BCUT2D eigenvalue weighted by Gasteiger charge is 2.40. The molecule has 0 aliphatic carbocycles. The fraction of sp³-hybridized carbons (Fsp3) is 0.111. The van der Waals surface area contributed by atoms with E-state index in [9.17, 15) is 0 Å². The van der Waals surface area contributed by atoms with Crippen LogP contribution in [0.15, 0.2) is 193 Å². The van der Waals surface area contributed by atoms with Gasteiger partial charge in [0.05, 0.1) is 22.7 Å². The van der Waals surface area contributed by atoms with Gasteiger partial charge in [-0.25, -0.2) is 0 Å². The lowest BCUT2D eigenvalue weighted by atomic mass is 9.59. The van der Waals surface area contributed by atoms with E-state index in [0.29, 0.717) is 0 Å². The van der Waals surface area contributed by atoms with Crippen LogP contribution < -0.4 is 20.7 Å². The van der Waals surface area contributed by atoms with Crippen LogP contribution in [-0.2, 0) is 10.8 Å². The summed E-state index contributed by atoms with van der Waals surface area (Å²) in [5.74, 6) is 0.234. The molecular formula is C54H43BN2S. The fourth-order valence-corrected chi connectivity index (χ4v) is 11.2. The molecule has 0 unspecified atom stereocenters. The van der Waals surface area contributed by atoms with E-state index >= 15 is 0 Å². The number of fused-ring (bicyclic) bond motifs is 7. The number of rotatable bonds is 4. The minimum Gasteiger partial charge on any atom is -0.310 e. The van der Waals surface area contributed by atoms with Crippen LogP contribution in [0.1, 0.15) is 49.9 Å². The van der Waals surface area contributed by atoms with Gasteiger partial charge in [-0.1, -0.05) is 160 Å². The smallest absolute Gasteiger partial charge is 0.281 e. The van der Waals surface area contributed by atoms with E-state index in [4.69, 9.17) is 0 Å². The van der Waals surface area contributed by atoms with Gasteiger partial charge in [-0.2, -0.15) is 11.6 Å². The van der Waals surface area contributed by atoms with Crippen molar-refractivity contribution in [2.75, 3.05) is 9.80 Å². The van der Waals surface area contributed by atoms with Gasteiger partial charge in [0.15, 0.2) is 0 Å². The van der Waals surface area contributed by atoms with Gasteiger partial charge < -0.3 is 9.80 Å². The second-order valence-corrected chi connectivity index (χ2v) is 18.1. The number of anilines is 6. The first-order chi connectivity index (χ1) is 28.3. The summed E-state index contributed by atoms with van der Waals surface area (Å²) in [7, 11) is 0. The molecule has 4 heteroatoms. The van der Waals surface area contributed by atoms with Crippen molar-refractivity contribution in [3.8, 4) is 22.3 Å². The Hall–Kier alpha value is -6.23. The van der Waals surface area contributed by atoms with Crippen molar-refractivity contribution < 1.29 is 0 Å². The number of para-hydroxylation sites is 3. The van der Waals surface area contributed by atoms with Gasteiger partial charge in [0.25, 0.3) is 5.99 Å². The van der Waals surface area contributed by atoms with Crippen molar-refractivity contribution in [2.24, 2.45) is 0 Å². The second kappa shape index (κ2) is 13.2. The maximum absolute atomic E-state index is 2.51. The number of hydrogen-bond acceptors (Lipinski definition) is 3. The predicted octanol–water partition coefficient (Wildman–Crippen LogP) is 13.5. The number of hydrogen-bond donors (Lipinski definition) is 0. The third-order valence-corrected chi connectivity index (χ3v) is 14.3. The van der Waals surface area contributed by atoms with Crippen LogP contribution in [0.4, 0.5) is 34.1 Å². The lowest BCUT2D eigenvalue weighted by molar-refractivity contribution is 0.631. The second-order valence-electron chi connectivity index (χ2n) is 16.9. The molecule has 0 atom stereocenters. The summed E-state index contributed by atoms with van der Waals surface area (Å²) in [6.45, 7) is 9.53. The highest BCUT2D eigenvalue weighted by molar-refractivity contribution is 8.28. The molecular weight excluding hydrogens is 719 g/mol. The molecule has 2 nitrogen and oxygen atoms in total. The molecule has 58 heavy (non-hydrogen) atoms. The van der Waals surface area contributed by atoms with Gasteiger partial charge in [0.1, 0.15) is 0 Å². The van der Waals surface area contributed by atoms with Crippen molar-refractivity contribution in [1.29, 1.82) is 0 Å². The zero-order valence-corrected chi connectivity index (χ0v) is 34.1. The van der Waals surface area contributed by atoms with Crippen LogP contribution >= 0.6 is 11.6 Å². The summed E-state index contributed by atoms with van der Waals surface area (Å²) >= 11 is 1.96. The summed E-state index contributed by atoms with van der Waals surface area (Å²) in [5.41, 5.74) is 20.0. The molecule has 0 radical (unpaired) electrons. The van der Waals surface area contributed by atoms with E-state index in [1.807, 2.05) is 11.6 Å². The van der Waals surface area contributed by atoms with E-state index in [1.165, 1.54) is 94.5 Å². The number of benzene rings is 8. The first-order valence-electron chi connectivity index (χ1n) is 20.4. The third kappa shape index (κ3) is 5.28. The van der Waals surface area contributed by atoms with Gasteiger partial charge in [-0.15, -0.1) is 0 Å². The molecule has 0 aromatic heterocycles. The van der Waals surface area contributed by atoms with E-state index in [1.54, 1.807) is 0 Å². The van der Waals surface area contributed by atoms with Gasteiger partial charge in [0.2, 0.25) is 0 Å². The maximum Gasteiger partial charge on any atom is 0.281 e. The number of nitrogens with zero attached hydrogens (tertiary/aromatic N) is 2. The molecule has 0 bridgehead atoms. The minimum atomic E-state index is -0.217. The van der Waals surface area contributed by atoms with E-state index in [-0.39, 0.29) is 16.8 Å². The highest BCUT2D eigenvalue weighted by atomic mass is 32.2. The lowest BCUT2D eigenvalue weighted by Gasteiger charge is -2.43. The molecule has 11 rings (SSSR count). The van der Waals surface area contributed by atoms with Gasteiger partial charge >= 0.3 is 0 Å². The largest absolute Gasteiger partial charge is 0.310 e.